The average Bonchev–Trinajstić information content (AvgIpc) is 3.44. The number of ether oxygens (including phenoxy) is 2. The van der Waals surface area contributed by atoms with E-state index >= 15 is 0 Å². The van der Waals surface area contributed by atoms with E-state index in [1.165, 1.54) is 7.11 Å². The number of benzene rings is 3. The van der Waals surface area contributed by atoms with Gasteiger partial charge < -0.3 is 9.47 Å². The van der Waals surface area contributed by atoms with Gasteiger partial charge in [-0.05, 0) is 64.6 Å². The molecule has 3 unspecified atom stereocenters. The molecule has 1 aliphatic carbocycles. The molecular weight excluding hydrogens is 561 g/mol. The summed E-state index contributed by atoms with van der Waals surface area (Å²) < 4.78 is 12.4. The third kappa shape index (κ3) is 2.93. The van der Waals surface area contributed by atoms with Crippen LogP contribution in [0.1, 0.15) is 32.4 Å². The van der Waals surface area contributed by atoms with Gasteiger partial charge in [-0.2, -0.15) is 0 Å². The van der Waals surface area contributed by atoms with E-state index in [1.54, 1.807) is 54.6 Å². The van der Waals surface area contributed by atoms with Crippen LogP contribution in [0.4, 0.5) is 5.69 Å². The van der Waals surface area contributed by atoms with Gasteiger partial charge in [0.05, 0.1) is 30.7 Å². The molecule has 0 saturated carbocycles. The first-order valence-corrected chi connectivity index (χ1v) is 12.1. The zero-order chi connectivity index (χ0) is 24.5. The molecule has 2 aliphatic heterocycles. The van der Waals surface area contributed by atoms with Crippen LogP contribution in [0.3, 0.4) is 0 Å². The number of carbonyl (C=O) groups excluding carboxylic acids is 4. The average molecular weight is 579 g/mol. The van der Waals surface area contributed by atoms with Crippen LogP contribution in [0.2, 0.25) is 0 Å². The zero-order valence-electron chi connectivity index (χ0n) is 18.4. The lowest BCUT2D eigenvalue weighted by Crippen LogP contribution is -2.51. The summed E-state index contributed by atoms with van der Waals surface area (Å²) in [4.78, 5) is 56.3. The van der Waals surface area contributed by atoms with Crippen molar-refractivity contribution in [2.45, 2.75) is 11.7 Å². The maximum Gasteiger partial charge on any atom is 0.241 e. The van der Waals surface area contributed by atoms with Crippen molar-refractivity contribution in [3.8, 4) is 5.75 Å². The number of ketones is 2. The Morgan fingerprint density at radius 2 is 1.51 bits per heavy atom. The van der Waals surface area contributed by atoms with Gasteiger partial charge >= 0.3 is 0 Å². The van der Waals surface area contributed by atoms with Gasteiger partial charge in [-0.15, -0.1) is 0 Å². The second-order valence-electron chi connectivity index (χ2n) is 8.75. The summed E-state index contributed by atoms with van der Waals surface area (Å²) >= 11 is 2.15. The van der Waals surface area contributed by atoms with Crippen LogP contribution in [-0.4, -0.2) is 36.1 Å². The summed E-state index contributed by atoms with van der Waals surface area (Å²) in [6.45, 7) is 0. The number of anilines is 1. The highest BCUT2D eigenvalue weighted by atomic mass is 127. The molecule has 35 heavy (non-hydrogen) atoms. The number of halogens is 1. The van der Waals surface area contributed by atoms with Crippen molar-refractivity contribution in [1.29, 1.82) is 0 Å². The molecule has 174 valence electrons. The maximum absolute atomic E-state index is 13.9. The summed E-state index contributed by atoms with van der Waals surface area (Å²) in [6.07, 6.45) is -0.934. The van der Waals surface area contributed by atoms with Crippen LogP contribution < -0.4 is 9.64 Å². The van der Waals surface area contributed by atoms with Gasteiger partial charge in [0.25, 0.3) is 0 Å². The number of imide groups is 1. The van der Waals surface area contributed by atoms with Crippen LogP contribution in [-0.2, 0) is 14.3 Å². The molecule has 2 heterocycles. The first-order chi connectivity index (χ1) is 16.9. The molecule has 7 nitrogen and oxygen atoms in total. The van der Waals surface area contributed by atoms with Gasteiger partial charge in [0, 0.05) is 14.7 Å². The Bertz CT molecular complexity index is 1400. The molecule has 2 saturated heterocycles. The molecule has 0 radical (unpaired) electrons. The Morgan fingerprint density at radius 3 is 2.11 bits per heavy atom. The molecule has 1 spiro atoms. The smallest absolute Gasteiger partial charge is 0.241 e. The highest BCUT2D eigenvalue weighted by Gasteiger charge is 2.74. The highest BCUT2D eigenvalue weighted by molar-refractivity contribution is 14.1. The van der Waals surface area contributed by atoms with Gasteiger partial charge in [0.2, 0.25) is 29.0 Å². The number of rotatable bonds is 3. The van der Waals surface area contributed by atoms with Crippen molar-refractivity contribution >= 4 is 51.7 Å². The third-order valence-electron chi connectivity index (χ3n) is 7.03. The number of Topliss-reactive ketones (excluding diaryl/α,β-unsaturated/α-hetero) is 2. The fraction of sp³-hybridized carbons (Fsp3) is 0.185. The number of fused-ring (bicyclic) bond motifs is 3. The van der Waals surface area contributed by atoms with E-state index in [9.17, 15) is 19.2 Å². The molecule has 0 aromatic heterocycles. The minimum Gasteiger partial charge on any atom is -0.497 e. The second-order valence-corrected chi connectivity index (χ2v) is 9.99. The minimum absolute atomic E-state index is 0.211. The van der Waals surface area contributed by atoms with Crippen molar-refractivity contribution in [2.24, 2.45) is 11.8 Å². The largest absolute Gasteiger partial charge is 0.497 e. The van der Waals surface area contributed by atoms with Crippen LogP contribution in [0.15, 0.2) is 72.8 Å². The number of amides is 2. The molecule has 3 atom stereocenters. The van der Waals surface area contributed by atoms with Gasteiger partial charge in [0.15, 0.2) is 0 Å². The fourth-order valence-corrected chi connectivity index (χ4v) is 6.05. The number of carbonyl (C=O) groups is 4. The summed E-state index contributed by atoms with van der Waals surface area (Å²) in [5.74, 6) is -3.98. The summed E-state index contributed by atoms with van der Waals surface area (Å²) in [5.41, 5.74) is -0.667. The molecule has 0 N–H and O–H groups in total. The Morgan fingerprint density at radius 1 is 0.857 bits per heavy atom. The lowest BCUT2D eigenvalue weighted by Gasteiger charge is -2.27. The summed E-state index contributed by atoms with van der Waals surface area (Å²) in [6, 6.07) is 20.3. The fourth-order valence-electron chi connectivity index (χ4n) is 5.49. The molecule has 0 bridgehead atoms. The molecular formula is C27H18INO6. The number of nitrogens with zero attached hydrogens (tertiary/aromatic N) is 1. The predicted octanol–water partition coefficient (Wildman–Crippen LogP) is 3.99. The molecule has 3 aromatic rings. The lowest BCUT2D eigenvalue weighted by molar-refractivity contribution is -0.127. The normalized spacial score (nSPS) is 24.3. The number of hydrogen-bond acceptors (Lipinski definition) is 6. The van der Waals surface area contributed by atoms with E-state index in [0.29, 0.717) is 17.0 Å². The van der Waals surface area contributed by atoms with E-state index in [1.807, 2.05) is 18.2 Å². The van der Waals surface area contributed by atoms with E-state index in [0.717, 1.165) is 8.47 Å². The molecule has 8 heteroatoms. The number of hydrogen-bond donors (Lipinski definition) is 0. The van der Waals surface area contributed by atoms with E-state index in [4.69, 9.17) is 9.47 Å². The Labute approximate surface area is 214 Å². The van der Waals surface area contributed by atoms with Gasteiger partial charge in [0.1, 0.15) is 5.75 Å². The quantitative estimate of drug-likeness (QED) is 0.265. The topological polar surface area (TPSA) is 90.0 Å². The zero-order valence-corrected chi connectivity index (χ0v) is 20.6. The van der Waals surface area contributed by atoms with E-state index in [2.05, 4.69) is 22.6 Å². The molecule has 6 rings (SSSR count). The van der Waals surface area contributed by atoms with Gasteiger partial charge in [-0.1, -0.05) is 36.4 Å². The molecule has 2 amide bonds. The first-order valence-electron chi connectivity index (χ1n) is 11.0. The third-order valence-corrected chi connectivity index (χ3v) is 7.70. The van der Waals surface area contributed by atoms with Crippen molar-refractivity contribution in [3.63, 3.8) is 0 Å². The van der Waals surface area contributed by atoms with E-state index < -0.39 is 46.9 Å². The monoisotopic (exact) mass is 579 g/mol. The van der Waals surface area contributed by atoms with Crippen LogP contribution in [0.5, 0.6) is 5.75 Å². The van der Waals surface area contributed by atoms with E-state index in [-0.39, 0.29) is 11.1 Å². The van der Waals surface area contributed by atoms with Crippen molar-refractivity contribution in [2.75, 3.05) is 12.0 Å². The standard InChI is InChI=1S/C27H18INO6/c1-34-17-11-9-16(10-12-17)29-25(32)20-21(26(29)33)27(35-22(20)14-5-4-6-15(28)13-14)23(30)18-7-2-3-8-19(18)24(27)31/h2-13,20-22H,1H3. The molecule has 3 aromatic carbocycles. The summed E-state index contributed by atoms with van der Waals surface area (Å²) in [5, 5.41) is 0. The van der Waals surface area contributed by atoms with Gasteiger partial charge in [-0.25, -0.2) is 4.90 Å². The van der Waals surface area contributed by atoms with Crippen molar-refractivity contribution < 1.29 is 28.7 Å². The number of methoxy groups -OCH3 is 1. The second kappa shape index (κ2) is 7.82. The lowest BCUT2D eigenvalue weighted by atomic mass is 9.77. The molecule has 3 aliphatic rings. The van der Waals surface area contributed by atoms with Gasteiger partial charge in [-0.3, -0.25) is 19.2 Å². The first kappa shape index (κ1) is 22.1. The SMILES string of the molecule is COc1ccc(N2C(=O)C3C(c4cccc(I)c4)OC4(C(=O)c5ccccc5C4=O)C3C2=O)cc1. The minimum atomic E-state index is -2.08. The van der Waals surface area contributed by atoms with Crippen LogP contribution in [0, 0.1) is 15.4 Å². The van der Waals surface area contributed by atoms with Crippen molar-refractivity contribution in [1.82, 2.24) is 0 Å². The highest BCUT2D eigenvalue weighted by Crippen LogP contribution is 2.57. The van der Waals surface area contributed by atoms with Crippen LogP contribution in [0.25, 0.3) is 0 Å². The molecule has 2 fully saturated rings. The summed E-state index contributed by atoms with van der Waals surface area (Å²) in [7, 11) is 1.52. The predicted molar refractivity (Wildman–Crippen MR) is 133 cm³/mol. The Balaban J connectivity index is 1.53. The Hall–Kier alpha value is -3.37. The van der Waals surface area contributed by atoms with Crippen molar-refractivity contribution in [3.05, 3.63) is 93.1 Å². The Kier molecular flexibility index (Phi) is 4.94. The van der Waals surface area contributed by atoms with Crippen LogP contribution >= 0.6 is 22.6 Å². The maximum atomic E-state index is 13.9.